The minimum atomic E-state index is -3.59. The van der Waals surface area contributed by atoms with Crippen molar-refractivity contribution in [3.05, 3.63) is 60.1 Å². The highest BCUT2D eigenvalue weighted by atomic mass is 32.2. The van der Waals surface area contributed by atoms with Crippen molar-refractivity contribution >= 4 is 26.6 Å². The number of sulfonamides is 1. The van der Waals surface area contributed by atoms with E-state index in [1.165, 1.54) is 4.31 Å². The van der Waals surface area contributed by atoms with Gasteiger partial charge in [0.15, 0.2) is 0 Å². The van der Waals surface area contributed by atoms with Crippen molar-refractivity contribution in [1.82, 2.24) is 20.0 Å². The molecular formula is C21H21F2N5O3S. The van der Waals surface area contributed by atoms with Crippen molar-refractivity contribution in [2.75, 3.05) is 10.6 Å². The van der Waals surface area contributed by atoms with Crippen molar-refractivity contribution in [3.63, 3.8) is 0 Å². The molecule has 11 heteroatoms. The van der Waals surface area contributed by atoms with Gasteiger partial charge in [0.05, 0.1) is 30.2 Å². The number of alkyl halides is 2. The lowest BCUT2D eigenvalue weighted by Gasteiger charge is -2.23. The molecule has 0 aliphatic rings. The maximum absolute atomic E-state index is 12.7. The first-order chi connectivity index (χ1) is 15.1. The van der Waals surface area contributed by atoms with Gasteiger partial charge < -0.3 is 4.42 Å². The van der Waals surface area contributed by atoms with Crippen LogP contribution in [-0.2, 0) is 16.6 Å². The summed E-state index contributed by atoms with van der Waals surface area (Å²) in [5.74, 6) is -0.775. The molecule has 0 bridgehead atoms. The van der Waals surface area contributed by atoms with Crippen LogP contribution in [-0.4, -0.2) is 34.7 Å². The third-order valence-electron chi connectivity index (χ3n) is 4.91. The van der Waals surface area contributed by atoms with Crippen molar-refractivity contribution in [3.8, 4) is 11.5 Å². The van der Waals surface area contributed by atoms with Gasteiger partial charge in [-0.05, 0) is 49.7 Å². The summed E-state index contributed by atoms with van der Waals surface area (Å²) in [6, 6.07) is 12.1. The fraction of sp³-hybridized carbons (Fsp3) is 0.286. The molecule has 2 aromatic heterocycles. The molecule has 168 valence electrons. The number of nitrogens with zero attached hydrogens (tertiary/aromatic N) is 5. The topological polar surface area (TPSA) is 94.1 Å². The third-order valence-corrected chi connectivity index (χ3v) is 6.05. The molecule has 0 fully saturated rings. The zero-order valence-corrected chi connectivity index (χ0v) is 18.4. The zero-order valence-electron chi connectivity index (χ0n) is 17.6. The van der Waals surface area contributed by atoms with Gasteiger partial charge in [0.1, 0.15) is 0 Å². The molecule has 2 aromatic carbocycles. The molecule has 0 saturated carbocycles. The maximum Gasteiger partial charge on any atom is 0.314 e. The summed E-state index contributed by atoms with van der Waals surface area (Å²) in [7, 11) is -3.59. The average Bonchev–Trinajstić information content (AvgIpc) is 3.38. The Balaban J connectivity index is 1.64. The molecule has 0 spiro atoms. The van der Waals surface area contributed by atoms with Crippen molar-refractivity contribution < 1.29 is 21.6 Å². The second kappa shape index (κ2) is 8.30. The Morgan fingerprint density at radius 2 is 1.81 bits per heavy atom. The van der Waals surface area contributed by atoms with Gasteiger partial charge in [-0.1, -0.05) is 12.1 Å². The normalized spacial score (nSPS) is 12.2. The number of halogens is 2. The van der Waals surface area contributed by atoms with Crippen molar-refractivity contribution in [1.29, 1.82) is 0 Å². The molecule has 32 heavy (non-hydrogen) atoms. The van der Waals surface area contributed by atoms with Crippen LogP contribution in [0.1, 0.15) is 37.8 Å². The smallest absolute Gasteiger partial charge is 0.314 e. The summed E-state index contributed by atoms with van der Waals surface area (Å²) >= 11 is 0. The molecule has 0 amide bonds. The molecule has 2 heterocycles. The molecule has 0 saturated heterocycles. The standard InChI is InChI=1S/C21H21F2N5O3S/c1-13(2)28-18-10-17(9-8-16(18)11-24-28)27(32(3,29)30)12-14-4-6-15(7-5-14)20-25-26-21(31-20)19(22)23/h4-11,13,19H,12H2,1-3H3. The van der Waals surface area contributed by atoms with Gasteiger partial charge in [0, 0.05) is 17.0 Å². The van der Waals surface area contributed by atoms with Gasteiger partial charge in [0.2, 0.25) is 15.9 Å². The van der Waals surface area contributed by atoms with Crippen LogP contribution in [0.15, 0.2) is 53.1 Å². The molecule has 8 nitrogen and oxygen atoms in total. The van der Waals surface area contributed by atoms with Gasteiger partial charge in [0.25, 0.3) is 5.89 Å². The van der Waals surface area contributed by atoms with E-state index >= 15 is 0 Å². The predicted molar refractivity (Wildman–Crippen MR) is 116 cm³/mol. The Morgan fingerprint density at radius 3 is 2.41 bits per heavy atom. The lowest BCUT2D eigenvalue weighted by Crippen LogP contribution is -2.29. The van der Waals surface area contributed by atoms with Gasteiger partial charge >= 0.3 is 6.43 Å². The van der Waals surface area contributed by atoms with Gasteiger partial charge in [-0.2, -0.15) is 13.9 Å². The maximum atomic E-state index is 12.7. The molecule has 0 aliphatic heterocycles. The van der Waals surface area contributed by atoms with Crippen molar-refractivity contribution in [2.24, 2.45) is 0 Å². The summed E-state index contributed by atoms with van der Waals surface area (Å²) < 4.78 is 58.6. The van der Waals surface area contributed by atoms with Gasteiger partial charge in [-0.25, -0.2) is 8.42 Å². The largest absolute Gasteiger partial charge is 0.415 e. The fourth-order valence-electron chi connectivity index (χ4n) is 3.35. The molecule has 0 unspecified atom stereocenters. The Kier molecular flexibility index (Phi) is 5.68. The van der Waals surface area contributed by atoms with E-state index < -0.39 is 22.3 Å². The SMILES string of the molecule is CC(C)n1ncc2ccc(N(Cc3ccc(-c4nnc(C(F)F)o4)cc3)S(C)(=O)=O)cc21. The summed E-state index contributed by atoms with van der Waals surface area (Å²) in [5, 5.41) is 12.2. The van der Waals surface area contributed by atoms with E-state index in [0.717, 1.165) is 17.2 Å². The zero-order chi connectivity index (χ0) is 23.0. The number of hydrogen-bond acceptors (Lipinski definition) is 6. The molecule has 4 aromatic rings. The third kappa shape index (κ3) is 4.33. The summed E-state index contributed by atoms with van der Waals surface area (Å²) in [4.78, 5) is 0. The Bertz CT molecular complexity index is 1350. The molecule has 0 atom stereocenters. The monoisotopic (exact) mass is 461 g/mol. The summed E-state index contributed by atoms with van der Waals surface area (Å²) in [5.41, 5.74) is 2.52. The van der Waals surface area contributed by atoms with Crippen LogP contribution in [0.2, 0.25) is 0 Å². The first-order valence-corrected chi connectivity index (χ1v) is 11.6. The Morgan fingerprint density at radius 1 is 1.09 bits per heavy atom. The molecule has 0 radical (unpaired) electrons. The predicted octanol–water partition coefficient (Wildman–Crippen LogP) is 4.57. The van der Waals surface area contributed by atoms with E-state index in [4.69, 9.17) is 4.42 Å². The number of anilines is 1. The second-order valence-electron chi connectivity index (χ2n) is 7.64. The summed E-state index contributed by atoms with van der Waals surface area (Å²) in [6.45, 7) is 4.10. The van der Waals surface area contributed by atoms with Crippen molar-refractivity contribution in [2.45, 2.75) is 32.9 Å². The number of fused-ring (bicyclic) bond motifs is 1. The lowest BCUT2D eigenvalue weighted by atomic mass is 10.1. The quantitative estimate of drug-likeness (QED) is 0.400. The van der Waals surface area contributed by atoms with Gasteiger partial charge in [-0.3, -0.25) is 8.99 Å². The molecule has 0 N–H and O–H groups in total. The highest BCUT2D eigenvalue weighted by Gasteiger charge is 2.20. The van der Waals surface area contributed by atoms with E-state index in [2.05, 4.69) is 15.3 Å². The van der Waals surface area contributed by atoms with Crippen LogP contribution >= 0.6 is 0 Å². The molecule has 4 rings (SSSR count). The highest BCUT2D eigenvalue weighted by Crippen LogP contribution is 2.28. The van der Waals surface area contributed by atoms with Crippen LogP contribution < -0.4 is 4.31 Å². The van der Waals surface area contributed by atoms with E-state index in [1.54, 1.807) is 36.5 Å². The minimum absolute atomic E-state index is 0.0285. The number of benzene rings is 2. The summed E-state index contributed by atoms with van der Waals surface area (Å²) in [6.07, 6.45) is 0.0538. The lowest BCUT2D eigenvalue weighted by molar-refractivity contribution is 0.116. The van der Waals surface area contributed by atoms with Crippen LogP contribution in [0.25, 0.3) is 22.4 Å². The van der Waals surface area contributed by atoms with E-state index in [9.17, 15) is 17.2 Å². The fourth-order valence-corrected chi connectivity index (χ4v) is 4.23. The number of rotatable bonds is 7. The minimum Gasteiger partial charge on any atom is -0.415 e. The number of aromatic nitrogens is 4. The van der Waals surface area contributed by atoms with E-state index in [1.807, 2.05) is 30.7 Å². The Hall–Kier alpha value is -3.34. The Labute approximate surface area is 183 Å². The van der Waals surface area contributed by atoms with E-state index in [0.29, 0.717) is 16.8 Å². The first-order valence-electron chi connectivity index (χ1n) is 9.79. The van der Waals surface area contributed by atoms with Crippen LogP contribution in [0.5, 0.6) is 0 Å². The van der Waals surface area contributed by atoms with Crippen LogP contribution in [0.4, 0.5) is 14.5 Å². The average molecular weight is 461 g/mol. The van der Waals surface area contributed by atoms with E-state index in [-0.39, 0.29) is 18.5 Å². The highest BCUT2D eigenvalue weighted by molar-refractivity contribution is 7.92. The molecular weight excluding hydrogens is 440 g/mol. The number of hydrogen-bond donors (Lipinski definition) is 0. The first kappa shape index (κ1) is 21.9. The van der Waals surface area contributed by atoms with Crippen LogP contribution in [0.3, 0.4) is 0 Å². The molecule has 0 aliphatic carbocycles. The second-order valence-corrected chi connectivity index (χ2v) is 9.55. The van der Waals surface area contributed by atoms with Gasteiger partial charge in [-0.15, -0.1) is 10.2 Å². The van der Waals surface area contributed by atoms with Crippen LogP contribution in [0, 0.1) is 0 Å².